The molecule has 1 N–H and O–H groups in total. The van der Waals surface area contributed by atoms with E-state index in [0.717, 1.165) is 18.4 Å². The molecule has 2 aliphatic carbocycles. The summed E-state index contributed by atoms with van der Waals surface area (Å²) in [7, 11) is 3.19. The molecule has 1 spiro atoms. The van der Waals surface area contributed by atoms with Gasteiger partial charge < -0.3 is 19.5 Å². The lowest BCUT2D eigenvalue weighted by atomic mass is 9.84. The van der Waals surface area contributed by atoms with E-state index in [2.05, 4.69) is 5.32 Å². The van der Waals surface area contributed by atoms with Gasteiger partial charge in [-0.3, -0.25) is 9.59 Å². The van der Waals surface area contributed by atoms with Crippen molar-refractivity contribution in [1.29, 1.82) is 0 Å². The minimum Gasteiger partial charge on any atom is -0.493 e. The first-order chi connectivity index (χ1) is 14.6. The van der Waals surface area contributed by atoms with E-state index >= 15 is 0 Å². The Morgan fingerprint density at radius 2 is 1.97 bits per heavy atom. The van der Waals surface area contributed by atoms with Crippen LogP contribution in [-0.4, -0.2) is 31.5 Å². The normalized spacial score (nSPS) is 28.3. The zero-order valence-corrected chi connectivity index (χ0v) is 17.1. The quantitative estimate of drug-likeness (QED) is 0.823. The first kappa shape index (κ1) is 19.0. The molecule has 2 aromatic rings. The van der Waals surface area contributed by atoms with Gasteiger partial charge in [0.1, 0.15) is 11.4 Å². The van der Waals surface area contributed by atoms with E-state index in [0.29, 0.717) is 41.7 Å². The molecule has 1 heterocycles. The zero-order chi connectivity index (χ0) is 20.9. The summed E-state index contributed by atoms with van der Waals surface area (Å²) < 4.78 is 17.0. The van der Waals surface area contributed by atoms with Crippen LogP contribution >= 0.6 is 0 Å². The van der Waals surface area contributed by atoms with Gasteiger partial charge in [0.15, 0.2) is 17.3 Å². The standard InChI is InChI=1S/C24H25NO5/c1-28-19-8-7-14(11-20(19)29-2)13-25-23(27)21-16-9-10-24(22(16)21)12-17(26)15-5-3-4-6-18(15)30-24/h3-8,11,16,21-22H,9-10,12-13H2,1-2H3,(H,25,27)/t16-,21-,22+,24-/m1/s1. The molecule has 156 valence electrons. The largest absolute Gasteiger partial charge is 0.493 e. The number of methoxy groups -OCH3 is 2. The lowest BCUT2D eigenvalue weighted by Gasteiger charge is -2.37. The summed E-state index contributed by atoms with van der Waals surface area (Å²) in [6, 6.07) is 13.0. The predicted molar refractivity (Wildman–Crippen MR) is 110 cm³/mol. The minimum atomic E-state index is -0.526. The van der Waals surface area contributed by atoms with E-state index in [9.17, 15) is 9.59 Å². The Balaban J connectivity index is 1.27. The number of rotatable bonds is 5. The zero-order valence-electron chi connectivity index (χ0n) is 17.1. The molecule has 1 aliphatic heterocycles. The highest BCUT2D eigenvalue weighted by Crippen LogP contribution is 2.65. The number of ketones is 1. The van der Waals surface area contributed by atoms with Crippen LogP contribution in [0.3, 0.4) is 0 Å². The van der Waals surface area contributed by atoms with Crippen LogP contribution in [0, 0.1) is 17.8 Å². The first-order valence-electron chi connectivity index (χ1n) is 10.4. The van der Waals surface area contributed by atoms with Crippen molar-refractivity contribution in [2.75, 3.05) is 14.2 Å². The molecular formula is C24H25NO5. The van der Waals surface area contributed by atoms with Crippen LogP contribution in [0.25, 0.3) is 0 Å². The molecule has 2 fully saturated rings. The topological polar surface area (TPSA) is 73.9 Å². The number of benzene rings is 2. The smallest absolute Gasteiger partial charge is 0.224 e. The summed E-state index contributed by atoms with van der Waals surface area (Å²) in [6.07, 6.45) is 2.13. The monoisotopic (exact) mass is 407 g/mol. The summed E-state index contributed by atoms with van der Waals surface area (Å²) in [5.41, 5.74) is 1.07. The van der Waals surface area contributed by atoms with Gasteiger partial charge in [-0.05, 0) is 48.6 Å². The van der Waals surface area contributed by atoms with E-state index in [4.69, 9.17) is 14.2 Å². The van der Waals surface area contributed by atoms with Crippen molar-refractivity contribution in [3.05, 3.63) is 53.6 Å². The fourth-order valence-corrected chi connectivity index (χ4v) is 5.42. The Morgan fingerprint density at radius 3 is 2.77 bits per heavy atom. The van der Waals surface area contributed by atoms with E-state index in [-0.39, 0.29) is 23.5 Å². The van der Waals surface area contributed by atoms with Crippen LogP contribution in [0.15, 0.2) is 42.5 Å². The number of fused-ring (bicyclic) bond motifs is 3. The predicted octanol–water partition coefficient (Wildman–Crippen LogP) is 3.38. The Labute approximate surface area is 175 Å². The van der Waals surface area contributed by atoms with Gasteiger partial charge in [-0.1, -0.05) is 18.2 Å². The number of amides is 1. The van der Waals surface area contributed by atoms with Crippen molar-refractivity contribution in [1.82, 2.24) is 5.32 Å². The van der Waals surface area contributed by atoms with Gasteiger partial charge in [0.05, 0.1) is 26.2 Å². The van der Waals surface area contributed by atoms with Gasteiger partial charge in [0.25, 0.3) is 0 Å². The highest BCUT2D eigenvalue weighted by molar-refractivity contribution is 6.00. The van der Waals surface area contributed by atoms with E-state index < -0.39 is 5.60 Å². The number of carbonyl (C=O) groups excluding carboxylic acids is 2. The third kappa shape index (κ3) is 2.93. The lowest BCUT2D eigenvalue weighted by Crippen LogP contribution is -2.44. The molecule has 30 heavy (non-hydrogen) atoms. The maximum absolute atomic E-state index is 12.9. The fourth-order valence-electron chi connectivity index (χ4n) is 5.42. The highest BCUT2D eigenvalue weighted by atomic mass is 16.5. The number of hydrogen-bond donors (Lipinski definition) is 1. The number of nitrogens with one attached hydrogen (secondary N) is 1. The molecule has 6 nitrogen and oxygen atoms in total. The van der Waals surface area contributed by atoms with Crippen LogP contribution < -0.4 is 19.5 Å². The molecule has 0 unspecified atom stereocenters. The third-order valence-corrected chi connectivity index (χ3v) is 6.85. The number of Topliss-reactive ketones (excluding diaryl/α,β-unsaturated/α-hetero) is 1. The van der Waals surface area contributed by atoms with Gasteiger partial charge >= 0.3 is 0 Å². The molecule has 0 radical (unpaired) electrons. The van der Waals surface area contributed by atoms with Gasteiger partial charge in [0.2, 0.25) is 5.91 Å². The summed E-state index contributed by atoms with van der Waals surface area (Å²) >= 11 is 0. The van der Waals surface area contributed by atoms with E-state index in [1.165, 1.54) is 0 Å². The minimum absolute atomic E-state index is 0.0359. The van der Waals surface area contributed by atoms with Gasteiger partial charge in [-0.2, -0.15) is 0 Å². The van der Waals surface area contributed by atoms with Crippen LogP contribution in [0.1, 0.15) is 35.2 Å². The van der Waals surface area contributed by atoms with Crippen molar-refractivity contribution in [3.63, 3.8) is 0 Å². The average Bonchev–Trinajstić information content (AvgIpc) is 3.42. The molecule has 2 saturated carbocycles. The van der Waals surface area contributed by atoms with Crippen LogP contribution in [0.4, 0.5) is 0 Å². The Morgan fingerprint density at radius 1 is 1.17 bits per heavy atom. The average molecular weight is 407 g/mol. The Hall–Kier alpha value is -3.02. The molecule has 5 rings (SSSR count). The molecular weight excluding hydrogens is 382 g/mol. The fraction of sp³-hybridized carbons (Fsp3) is 0.417. The molecule has 0 bridgehead atoms. The molecule has 3 aliphatic rings. The molecule has 6 heteroatoms. The highest BCUT2D eigenvalue weighted by Gasteiger charge is 2.70. The van der Waals surface area contributed by atoms with Gasteiger partial charge in [-0.15, -0.1) is 0 Å². The summed E-state index contributed by atoms with van der Waals surface area (Å²) in [4.78, 5) is 25.6. The number of carbonyl (C=O) groups is 2. The van der Waals surface area contributed by atoms with Gasteiger partial charge in [-0.25, -0.2) is 0 Å². The van der Waals surface area contributed by atoms with Crippen molar-refractivity contribution in [3.8, 4) is 17.2 Å². The van der Waals surface area contributed by atoms with Crippen molar-refractivity contribution in [2.24, 2.45) is 17.8 Å². The number of para-hydroxylation sites is 1. The van der Waals surface area contributed by atoms with Crippen LogP contribution in [0.5, 0.6) is 17.2 Å². The molecule has 0 saturated heterocycles. The van der Waals surface area contributed by atoms with Crippen LogP contribution in [-0.2, 0) is 11.3 Å². The second kappa shape index (κ2) is 7.04. The lowest BCUT2D eigenvalue weighted by molar-refractivity contribution is -0.124. The van der Waals surface area contributed by atoms with Crippen molar-refractivity contribution in [2.45, 2.75) is 31.4 Å². The Kier molecular flexibility index (Phi) is 4.45. The van der Waals surface area contributed by atoms with Crippen LogP contribution in [0.2, 0.25) is 0 Å². The first-order valence-corrected chi connectivity index (χ1v) is 10.4. The summed E-state index contributed by atoms with van der Waals surface area (Å²) in [5, 5.41) is 3.05. The molecule has 2 aromatic carbocycles. The van der Waals surface area contributed by atoms with Crippen molar-refractivity contribution >= 4 is 11.7 Å². The SMILES string of the molecule is COc1ccc(CNC(=O)[C@@H]2[C@H]3CC[C@@]4(CC(=O)c5ccccc5O4)[C@@H]32)cc1OC. The van der Waals surface area contributed by atoms with Gasteiger partial charge in [0, 0.05) is 18.4 Å². The molecule has 1 amide bonds. The maximum Gasteiger partial charge on any atom is 0.224 e. The number of ether oxygens (including phenoxy) is 3. The molecule has 4 atom stereocenters. The van der Waals surface area contributed by atoms with Crippen molar-refractivity contribution < 1.29 is 23.8 Å². The third-order valence-electron chi connectivity index (χ3n) is 6.85. The second-order valence-electron chi connectivity index (χ2n) is 8.42. The number of hydrogen-bond acceptors (Lipinski definition) is 5. The second-order valence-corrected chi connectivity index (χ2v) is 8.42. The van der Waals surface area contributed by atoms with E-state index in [1.54, 1.807) is 14.2 Å². The molecule has 0 aromatic heterocycles. The summed E-state index contributed by atoms with van der Waals surface area (Å²) in [5.74, 6) is 2.43. The van der Waals surface area contributed by atoms with E-state index in [1.807, 2.05) is 42.5 Å². The maximum atomic E-state index is 12.9. The summed E-state index contributed by atoms with van der Waals surface area (Å²) in [6.45, 7) is 0.421. The Bertz CT molecular complexity index is 1020.